The molecule has 0 bridgehead atoms. The first kappa shape index (κ1) is 38.3. The van der Waals surface area contributed by atoms with Gasteiger partial charge in [0.15, 0.2) is 13.2 Å². The molecule has 5 aromatic carbocycles. The van der Waals surface area contributed by atoms with Gasteiger partial charge in [-0.25, -0.2) is 0 Å². The van der Waals surface area contributed by atoms with Crippen molar-refractivity contribution in [1.82, 2.24) is 9.97 Å². The van der Waals surface area contributed by atoms with Crippen molar-refractivity contribution in [1.29, 1.82) is 0 Å². The lowest BCUT2D eigenvalue weighted by molar-refractivity contribution is -0.118. The lowest BCUT2D eigenvalue weighted by Gasteiger charge is -2.12. The molecule has 0 fully saturated rings. The largest absolute Gasteiger partial charge is 0.508 e. The first-order chi connectivity index (χ1) is 26.1. The molecule has 0 saturated heterocycles. The molecule has 7 rings (SSSR count). The SMILES string of the molecule is Cc1cccc(C)c1NC(=O)COc1cccc2cccnc12.Cc1cccc(C)c1NC(=O)COc1cccc2cccnc12.Oc1ccc(O)cc1. The molecule has 0 radical (unpaired) electrons. The normalized spacial score (nSPS) is 10.3. The van der Waals surface area contributed by atoms with E-state index in [1.807, 2.05) is 125 Å². The van der Waals surface area contributed by atoms with E-state index < -0.39 is 0 Å². The first-order valence-electron chi connectivity index (χ1n) is 17.2. The molecule has 2 aromatic heterocycles. The van der Waals surface area contributed by atoms with Crippen molar-refractivity contribution in [2.24, 2.45) is 0 Å². The number of carbonyl (C=O) groups excluding carboxylic acids is 2. The Labute approximate surface area is 314 Å². The Kier molecular flexibility index (Phi) is 13.1. The minimum absolute atomic E-state index is 0.0521. The Balaban J connectivity index is 0.000000173. The fraction of sp³-hybridized carbons (Fsp3) is 0.136. The number of anilines is 2. The predicted octanol–water partition coefficient (Wildman–Crippen LogP) is 8.84. The molecule has 7 aromatic rings. The number of phenols is 2. The van der Waals surface area contributed by atoms with E-state index >= 15 is 0 Å². The number of ether oxygens (including phenoxy) is 2. The number of amides is 2. The number of hydrogen-bond acceptors (Lipinski definition) is 8. The second-order valence-electron chi connectivity index (χ2n) is 12.4. The Morgan fingerprint density at radius 2 is 0.833 bits per heavy atom. The maximum atomic E-state index is 12.2. The van der Waals surface area contributed by atoms with Gasteiger partial charge in [-0.1, -0.05) is 72.8 Å². The number of nitrogens with zero attached hydrogens (tertiary/aromatic N) is 2. The van der Waals surface area contributed by atoms with Gasteiger partial charge in [0, 0.05) is 34.5 Å². The number of para-hydroxylation sites is 4. The van der Waals surface area contributed by atoms with Crippen molar-refractivity contribution in [3.05, 3.63) is 156 Å². The molecule has 0 unspecified atom stereocenters. The van der Waals surface area contributed by atoms with Crippen LogP contribution >= 0.6 is 0 Å². The molecular formula is C44H42N4O6. The summed E-state index contributed by atoms with van der Waals surface area (Å²) in [5.41, 5.74) is 7.34. The van der Waals surface area contributed by atoms with Crippen molar-refractivity contribution in [2.45, 2.75) is 27.7 Å². The molecule has 2 amide bonds. The minimum Gasteiger partial charge on any atom is -0.508 e. The summed E-state index contributed by atoms with van der Waals surface area (Å²) in [5, 5.41) is 25.1. The molecule has 0 atom stereocenters. The van der Waals surface area contributed by atoms with E-state index in [-0.39, 0.29) is 36.5 Å². The van der Waals surface area contributed by atoms with Gasteiger partial charge in [-0.05, 0) is 98.5 Å². The van der Waals surface area contributed by atoms with Crippen molar-refractivity contribution < 1.29 is 29.3 Å². The zero-order chi connectivity index (χ0) is 38.5. The van der Waals surface area contributed by atoms with Crippen molar-refractivity contribution >= 4 is 45.0 Å². The van der Waals surface area contributed by atoms with E-state index in [9.17, 15) is 9.59 Å². The van der Waals surface area contributed by atoms with Crippen LogP contribution in [0.5, 0.6) is 23.0 Å². The molecule has 0 aliphatic rings. The number of pyridine rings is 2. The molecule has 54 heavy (non-hydrogen) atoms. The summed E-state index contributed by atoms with van der Waals surface area (Å²) in [7, 11) is 0. The van der Waals surface area contributed by atoms with Crippen molar-refractivity contribution in [3.8, 4) is 23.0 Å². The van der Waals surface area contributed by atoms with Crippen LogP contribution in [0.4, 0.5) is 11.4 Å². The number of nitrogens with one attached hydrogen (secondary N) is 2. The summed E-state index contributed by atoms with van der Waals surface area (Å²) in [6.45, 7) is 7.78. The molecule has 0 aliphatic heterocycles. The van der Waals surface area contributed by atoms with Gasteiger partial charge in [-0.3, -0.25) is 19.6 Å². The third-order valence-electron chi connectivity index (χ3n) is 8.25. The first-order valence-corrected chi connectivity index (χ1v) is 17.2. The van der Waals surface area contributed by atoms with Gasteiger partial charge in [-0.2, -0.15) is 0 Å². The highest BCUT2D eigenvalue weighted by atomic mass is 16.5. The standard InChI is InChI=1S/2C19H18N2O2.C6H6O2/c2*1-13-6-3-7-14(2)18(13)21-17(22)12-23-16-10-4-8-15-9-5-11-20-19(15)16;7-5-1-2-6(8)4-3-5/h2*3-11H,12H2,1-2H3,(H,21,22);1-4,7-8H. The summed E-state index contributed by atoms with van der Waals surface area (Å²) in [6.07, 6.45) is 3.43. The van der Waals surface area contributed by atoms with E-state index in [1.165, 1.54) is 24.3 Å². The highest BCUT2D eigenvalue weighted by molar-refractivity contribution is 5.94. The van der Waals surface area contributed by atoms with E-state index in [1.54, 1.807) is 12.4 Å². The Morgan fingerprint density at radius 1 is 0.500 bits per heavy atom. The summed E-state index contributed by atoms with van der Waals surface area (Å²) < 4.78 is 11.3. The predicted molar refractivity (Wildman–Crippen MR) is 213 cm³/mol. The molecule has 4 N–H and O–H groups in total. The minimum atomic E-state index is -0.185. The van der Waals surface area contributed by atoms with E-state index in [4.69, 9.17) is 19.7 Å². The second kappa shape index (κ2) is 18.5. The number of hydrogen-bond donors (Lipinski definition) is 4. The fourth-order valence-electron chi connectivity index (χ4n) is 5.50. The summed E-state index contributed by atoms with van der Waals surface area (Å²) in [6, 6.07) is 36.6. The number of aryl methyl sites for hydroxylation is 4. The monoisotopic (exact) mass is 722 g/mol. The average Bonchev–Trinajstić information content (AvgIpc) is 3.18. The number of carbonyl (C=O) groups is 2. The number of benzene rings is 5. The van der Waals surface area contributed by atoms with Crippen LogP contribution in [0.25, 0.3) is 21.8 Å². The van der Waals surface area contributed by atoms with Crippen LogP contribution in [0.1, 0.15) is 22.3 Å². The zero-order valence-electron chi connectivity index (χ0n) is 30.5. The van der Waals surface area contributed by atoms with Crippen molar-refractivity contribution in [2.75, 3.05) is 23.8 Å². The molecule has 0 saturated carbocycles. The van der Waals surface area contributed by atoms with Crippen LogP contribution < -0.4 is 20.1 Å². The number of fused-ring (bicyclic) bond motifs is 2. The van der Waals surface area contributed by atoms with Gasteiger partial charge in [0.05, 0.1) is 0 Å². The van der Waals surface area contributed by atoms with Crippen LogP contribution in [0, 0.1) is 27.7 Å². The highest BCUT2D eigenvalue weighted by Gasteiger charge is 2.11. The summed E-state index contributed by atoms with van der Waals surface area (Å²) in [4.78, 5) is 33.0. The second-order valence-corrected chi connectivity index (χ2v) is 12.4. The molecule has 274 valence electrons. The third-order valence-corrected chi connectivity index (χ3v) is 8.25. The highest BCUT2D eigenvalue weighted by Crippen LogP contribution is 2.25. The van der Waals surface area contributed by atoms with Gasteiger partial charge in [-0.15, -0.1) is 0 Å². The number of rotatable bonds is 8. The zero-order valence-corrected chi connectivity index (χ0v) is 30.5. The molecule has 0 aliphatic carbocycles. The maximum Gasteiger partial charge on any atom is 0.262 e. The Bertz CT molecular complexity index is 2140. The van der Waals surface area contributed by atoms with Gasteiger partial charge in [0.25, 0.3) is 11.8 Å². The van der Waals surface area contributed by atoms with Crippen LogP contribution in [0.2, 0.25) is 0 Å². The molecular weight excluding hydrogens is 681 g/mol. The molecule has 2 heterocycles. The lowest BCUT2D eigenvalue weighted by atomic mass is 10.1. The Morgan fingerprint density at radius 3 is 1.20 bits per heavy atom. The van der Waals surface area contributed by atoms with Gasteiger partial charge in [0.2, 0.25) is 0 Å². The van der Waals surface area contributed by atoms with Gasteiger partial charge in [0.1, 0.15) is 34.0 Å². The summed E-state index contributed by atoms with van der Waals surface area (Å²) in [5.74, 6) is 1.19. The molecule has 10 heteroatoms. The Hall–Kier alpha value is -6.94. The van der Waals surface area contributed by atoms with E-state index in [0.29, 0.717) is 11.5 Å². The average molecular weight is 723 g/mol. The molecule has 0 spiro atoms. The van der Waals surface area contributed by atoms with Gasteiger partial charge < -0.3 is 30.3 Å². The number of phenolic OH excluding ortho intramolecular Hbond substituents is 2. The fourth-order valence-corrected chi connectivity index (χ4v) is 5.50. The van der Waals surface area contributed by atoms with Crippen LogP contribution in [-0.2, 0) is 9.59 Å². The van der Waals surface area contributed by atoms with E-state index in [0.717, 1.165) is 55.4 Å². The summed E-state index contributed by atoms with van der Waals surface area (Å²) >= 11 is 0. The van der Waals surface area contributed by atoms with Crippen LogP contribution in [0.3, 0.4) is 0 Å². The number of aromatic nitrogens is 2. The van der Waals surface area contributed by atoms with Gasteiger partial charge >= 0.3 is 0 Å². The third kappa shape index (κ3) is 10.5. The number of aromatic hydroxyl groups is 2. The smallest absolute Gasteiger partial charge is 0.262 e. The molecule has 10 nitrogen and oxygen atoms in total. The lowest BCUT2D eigenvalue weighted by Crippen LogP contribution is -2.21. The van der Waals surface area contributed by atoms with Crippen LogP contribution in [-0.4, -0.2) is 45.2 Å². The maximum absolute atomic E-state index is 12.2. The van der Waals surface area contributed by atoms with Crippen molar-refractivity contribution in [3.63, 3.8) is 0 Å². The topological polar surface area (TPSA) is 143 Å². The van der Waals surface area contributed by atoms with E-state index in [2.05, 4.69) is 20.6 Å². The quantitative estimate of drug-likeness (QED) is 0.114. The van der Waals surface area contributed by atoms with Crippen LogP contribution in [0.15, 0.2) is 134 Å².